The van der Waals surface area contributed by atoms with Gasteiger partial charge in [-0.05, 0) is 53.8 Å². The summed E-state index contributed by atoms with van der Waals surface area (Å²) in [6, 6.07) is 6.30. The molecule has 3 N–H and O–H groups in total. The Kier molecular flexibility index (Phi) is 4.24. The van der Waals surface area contributed by atoms with E-state index in [1.54, 1.807) is 6.20 Å². The van der Waals surface area contributed by atoms with Crippen molar-refractivity contribution in [3.63, 3.8) is 0 Å². The second-order valence-corrected chi connectivity index (χ2v) is 6.22. The molecule has 0 bridgehead atoms. The van der Waals surface area contributed by atoms with Gasteiger partial charge in [-0.2, -0.15) is 0 Å². The summed E-state index contributed by atoms with van der Waals surface area (Å²) in [7, 11) is 0. The standard InChI is InChI=1S/C16H18BrN3O/c1-10-9-19-4-2-14(10)15(20-18)8-12-7-13(17)6-11-3-5-21-16(11)12/h2,4,6-7,9,15,20H,3,5,8,18H2,1H3. The first-order valence-corrected chi connectivity index (χ1v) is 7.79. The number of nitrogens with zero attached hydrogens (tertiary/aromatic N) is 1. The van der Waals surface area contributed by atoms with Crippen LogP contribution in [0.25, 0.3) is 0 Å². The highest BCUT2D eigenvalue weighted by atomic mass is 79.9. The maximum atomic E-state index is 5.79. The fraction of sp³-hybridized carbons (Fsp3) is 0.312. The Hall–Kier alpha value is -1.43. The molecule has 1 aliphatic heterocycles. The van der Waals surface area contributed by atoms with Gasteiger partial charge < -0.3 is 4.74 Å². The minimum atomic E-state index is 0.0376. The van der Waals surface area contributed by atoms with Crippen LogP contribution in [0, 0.1) is 6.92 Å². The van der Waals surface area contributed by atoms with Crippen molar-refractivity contribution in [2.75, 3.05) is 6.61 Å². The Morgan fingerprint density at radius 3 is 3.10 bits per heavy atom. The Morgan fingerprint density at radius 2 is 2.33 bits per heavy atom. The normalized spacial score (nSPS) is 14.6. The molecule has 1 unspecified atom stereocenters. The van der Waals surface area contributed by atoms with Crippen LogP contribution in [0.2, 0.25) is 0 Å². The fourth-order valence-corrected chi connectivity index (χ4v) is 3.40. The van der Waals surface area contributed by atoms with Gasteiger partial charge in [0.05, 0.1) is 12.6 Å². The van der Waals surface area contributed by atoms with Gasteiger partial charge in [-0.25, -0.2) is 0 Å². The molecule has 0 spiro atoms. The van der Waals surface area contributed by atoms with E-state index in [0.717, 1.165) is 35.2 Å². The first-order valence-electron chi connectivity index (χ1n) is 6.99. The third-order valence-electron chi connectivity index (χ3n) is 3.89. The van der Waals surface area contributed by atoms with Crippen molar-refractivity contribution >= 4 is 15.9 Å². The molecule has 0 saturated carbocycles. The number of rotatable bonds is 4. The largest absolute Gasteiger partial charge is 0.493 e. The smallest absolute Gasteiger partial charge is 0.125 e. The maximum Gasteiger partial charge on any atom is 0.125 e. The van der Waals surface area contributed by atoms with Crippen molar-refractivity contribution < 1.29 is 4.74 Å². The Labute approximate surface area is 132 Å². The van der Waals surface area contributed by atoms with Gasteiger partial charge in [0.1, 0.15) is 5.75 Å². The molecule has 1 atom stereocenters. The van der Waals surface area contributed by atoms with Crippen LogP contribution in [0.1, 0.15) is 28.3 Å². The number of ether oxygens (including phenoxy) is 1. The maximum absolute atomic E-state index is 5.79. The average molecular weight is 348 g/mol. The highest BCUT2D eigenvalue weighted by molar-refractivity contribution is 9.10. The van der Waals surface area contributed by atoms with Crippen LogP contribution in [-0.2, 0) is 12.8 Å². The number of benzene rings is 1. The van der Waals surface area contributed by atoms with E-state index in [-0.39, 0.29) is 6.04 Å². The van der Waals surface area contributed by atoms with E-state index >= 15 is 0 Å². The molecule has 2 heterocycles. The van der Waals surface area contributed by atoms with Crippen LogP contribution in [0.5, 0.6) is 5.75 Å². The van der Waals surface area contributed by atoms with Crippen LogP contribution in [0.15, 0.2) is 35.1 Å². The molecule has 1 aromatic carbocycles. The van der Waals surface area contributed by atoms with Crippen molar-refractivity contribution in [3.8, 4) is 5.75 Å². The minimum absolute atomic E-state index is 0.0376. The SMILES string of the molecule is Cc1cnccc1C(Cc1cc(Br)cc2c1OCC2)NN. The molecule has 110 valence electrons. The lowest BCUT2D eigenvalue weighted by Crippen LogP contribution is -2.30. The number of halogens is 1. The third-order valence-corrected chi connectivity index (χ3v) is 4.35. The lowest BCUT2D eigenvalue weighted by molar-refractivity contribution is 0.351. The van der Waals surface area contributed by atoms with Crippen molar-refractivity contribution in [2.24, 2.45) is 5.84 Å². The summed E-state index contributed by atoms with van der Waals surface area (Å²) in [5.41, 5.74) is 7.66. The van der Waals surface area contributed by atoms with Gasteiger partial charge in [0.15, 0.2) is 0 Å². The van der Waals surface area contributed by atoms with Crippen LogP contribution in [-0.4, -0.2) is 11.6 Å². The first-order chi connectivity index (χ1) is 10.2. The Balaban J connectivity index is 1.94. The first kappa shape index (κ1) is 14.5. The van der Waals surface area contributed by atoms with E-state index in [0.29, 0.717) is 0 Å². The topological polar surface area (TPSA) is 60.2 Å². The van der Waals surface area contributed by atoms with Crippen LogP contribution >= 0.6 is 15.9 Å². The lowest BCUT2D eigenvalue weighted by atomic mass is 9.95. The number of aromatic nitrogens is 1. The van der Waals surface area contributed by atoms with Gasteiger partial charge in [0, 0.05) is 23.3 Å². The Bertz CT molecular complexity index is 660. The number of hydrogen-bond donors (Lipinski definition) is 2. The molecule has 3 rings (SSSR count). The summed E-state index contributed by atoms with van der Waals surface area (Å²) in [5, 5.41) is 0. The summed E-state index contributed by atoms with van der Waals surface area (Å²) in [6.45, 7) is 2.81. The predicted octanol–water partition coefficient (Wildman–Crippen LogP) is 2.83. The number of pyridine rings is 1. The molecule has 0 saturated heterocycles. The molecular weight excluding hydrogens is 330 g/mol. The van der Waals surface area contributed by atoms with Crippen LogP contribution in [0.3, 0.4) is 0 Å². The molecule has 21 heavy (non-hydrogen) atoms. The van der Waals surface area contributed by atoms with Gasteiger partial charge in [0.2, 0.25) is 0 Å². The van der Waals surface area contributed by atoms with E-state index < -0.39 is 0 Å². The van der Waals surface area contributed by atoms with Gasteiger partial charge in [-0.15, -0.1) is 0 Å². The Morgan fingerprint density at radius 1 is 1.48 bits per heavy atom. The molecule has 0 amide bonds. The minimum Gasteiger partial charge on any atom is -0.493 e. The summed E-state index contributed by atoms with van der Waals surface area (Å²) < 4.78 is 6.88. The van der Waals surface area contributed by atoms with E-state index in [1.807, 2.05) is 12.3 Å². The summed E-state index contributed by atoms with van der Waals surface area (Å²) >= 11 is 3.58. The van der Waals surface area contributed by atoms with Crippen LogP contribution in [0.4, 0.5) is 0 Å². The molecule has 0 fully saturated rings. The highest BCUT2D eigenvalue weighted by Gasteiger charge is 2.21. The molecular formula is C16H18BrN3O. The molecule has 2 aromatic rings. The number of aryl methyl sites for hydroxylation is 1. The van der Waals surface area contributed by atoms with Crippen molar-refractivity contribution in [2.45, 2.75) is 25.8 Å². The van der Waals surface area contributed by atoms with E-state index in [4.69, 9.17) is 10.6 Å². The zero-order chi connectivity index (χ0) is 14.8. The zero-order valence-electron chi connectivity index (χ0n) is 11.9. The average Bonchev–Trinajstić information content (AvgIpc) is 2.93. The highest BCUT2D eigenvalue weighted by Crippen LogP contribution is 2.35. The number of nitrogens with one attached hydrogen (secondary N) is 1. The van der Waals surface area contributed by atoms with Gasteiger partial charge in [-0.1, -0.05) is 15.9 Å². The second kappa shape index (κ2) is 6.13. The number of hydrazine groups is 1. The van der Waals surface area contributed by atoms with Crippen molar-refractivity contribution in [3.05, 3.63) is 57.3 Å². The molecule has 0 radical (unpaired) electrons. The number of hydrogen-bond acceptors (Lipinski definition) is 4. The van der Waals surface area contributed by atoms with Gasteiger partial charge in [0.25, 0.3) is 0 Å². The third kappa shape index (κ3) is 2.95. The number of fused-ring (bicyclic) bond motifs is 1. The zero-order valence-corrected chi connectivity index (χ0v) is 13.5. The van der Waals surface area contributed by atoms with Gasteiger partial charge >= 0.3 is 0 Å². The predicted molar refractivity (Wildman–Crippen MR) is 86.1 cm³/mol. The molecule has 4 nitrogen and oxygen atoms in total. The van der Waals surface area contributed by atoms with Gasteiger partial charge in [-0.3, -0.25) is 16.3 Å². The summed E-state index contributed by atoms with van der Waals surface area (Å²) in [5.74, 6) is 6.80. The van der Waals surface area contributed by atoms with E-state index in [1.165, 1.54) is 16.7 Å². The second-order valence-electron chi connectivity index (χ2n) is 5.31. The summed E-state index contributed by atoms with van der Waals surface area (Å²) in [6.07, 6.45) is 5.41. The van der Waals surface area contributed by atoms with Crippen molar-refractivity contribution in [1.29, 1.82) is 0 Å². The monoisotopic (exact) mass is 347 g/mol. The van der Waals surface area contributed by atoms with Crippen LogP contribution < -0.4 is 16.0 Å². The lowest BCUT2D eigenvalue weighted by Gasteiger charge is -2.20. The quantitative estimate of drug-likeness (QED) is 0.659. The molecule has 5 heteroatoms. The molecule has 1 aromatic heterocycles. The number of nitrogens with two attached hydrogens (primary N) is 1. The fourth-order valence-electron chi connectivity index (χ4n) is 2.85. The van der Waals surface area contributed by atoms with E-state index in [9.17, 15) is 0 Å². The summed E-state index contributed by atoms with van der Waals surface area (Å²) in [4.78, 5) is 4.14. The molecule has 1 aliphatic rings. The molecule has 0 aliphatic carbocycles. The van der Waals surface area contributed by atoms with Crippen molar-refractivity contribution in [1.82, 2.24) is 10.4 Å². The van der Waals surface area contributed by atoms with E-state index in [2.05, 4.69) is 45.4 Å².